The van der Waals surface area contributed by atoms with E-state index in [-0.39, 0.29) is 5.56 Å². The smallest absolute Gasteiger partial charge is 0.170 e. The first-order chi connectivity index (χ1) is 6.45. The molecule has 0 spiro atoms. The molecule has 1 aromatic carbocycles. The fourth-order valence-electron chi connectivity index (χ4n) is 1.32. The van der Waals surface area contributed by atoms with Crippen molar-refractivity contribution in [3.8, 4) is 0 Å². The summed E-state index contributed by atoms with van der Waals surface area (Å²) in [6.45, 7) is 4.98. The van der Waals surface area contributed by atoms with E-state index < -0.39 is 12.1 Å². The van der Waals surface area contributed by atoms with Gasteiger partial charge in [-0.05, 0) is 12.5 Å². The first-order valence-electron chi connectivity index (χ1n) is 4.21. The van der Waals surface area contributed by atoms with Gasteiger partial charge in [-0.1, -0.05) is 35.9 Å². The van der Waals surface area contributed by atoms with Crippen molar-refractivity contribution in [1.82, 2.24) is 0 Å². The molecule has 0 heterocycles. The fourth-order valence-corrected chi connectivity index (χ4v) is 1.32. The van der Waals surface area contributed by atoms with Crippen LogP contribution >= 0.6 is 0 Å². The van der Waals surface area contributed by atoms with Crippen LogP contribution in [-0.2, 0) is 0 Å². The topological polar surface area (TPSA) is 0 Å². The number of halogens is 3. The molecule has 0 aliphatic rings. The van der Waals surface area contributed by atoms with E-state index in [0.717, 1.165) is 11.6 Å². The molecule has 0 bridgehead atoms. The second kappa shape index (κ2) is 3.86. The minimum atomic E-state index is -4.25. The van der Waals surface area contributed by atoms with E-state index in [2.05, 4.69) is 6.58 Å². The SMILES string of the molecule is C=CC(c1cccc(C)c1)C(F)(F)F. The maximum absolute atomic E-state index is 12.5. The van der Waals surface area contributed by atoms with Crippen LogP contribution in [0.25, 0.3) is 0 Å². The molecule has 1 unspecified atom stereocenters. The third kappa shape index (κ3) is 2.37. The minimum Gasteiger partial charge on any atom is -0.170 e. The Balaban J connectivity index is 3.07. The molecule has 0 nitrogen and oxygen atoms in total. The molecule has 1 rings (SSSR count). The zero-order valence-corrected chi connectivity index (χ0v) is 7.81. The highest BCUT2D eigenvalue weighted by molar-refractivity contribution is 5.29. The van der Waals surface area contributed by atoms with E-state index in [9.17, 15) is 13.2 Å². The van der Waals surface area contributed by atoms with Crippen LogP contribution in [0.3, 0.4) is 0 Å². The summed E-state index contributed by atoms with van der Waals surface area (Å²) in [6.07, 6.45) is -3.33. The summed E-state index contributed by atoms with van der Waals surface area (Å²) in [4.78, 5) is 0. The Hall–Kier alpha value is -1.25. The highest BCUT2D eigenvalue weighted by atomic mass is 19.4. The summed E-state index contributed by atoms with van der Waals surface area (Å²) in [6, 6.07) is 6.37. The molecular weight excluding hydrogens is 189 g/mol. The van der Waals surface area contributed by atoms with Crippen LogP contribution in [0.4, 0.5) is 13.2 Å². The van der Waals surface area contributed by atoms with Crippen molar-refractivity contribution in [1.29, 1.82) is 0 Å². The number of hydrogen-bond acceptors (Lipinski definition) is 0. The molecule has 0 aliphatic carbocycles. The van der Waals surface area contributed by atoms with Crippen LogP contribution in [0.2, 0.25) is 0 Å². The molecule has 0 saturated heterocycles. The Morgan fingerprint density at radius 3 is 2.43 bits per heavy atom. The van der Waals surface area contributed by atoms with Crippen molar-refractivity contribution in [3.05, 3.63) is 48.0 Å². The number of rotatable bonds is 2. The highest BCUT2D eigenvalue weighted by Gasteiger charge is 2.38. The number of aryl methyl sites for hydroxylation is 1. The van der Waals surface area contributed by atoms with Crippen molar-refractivity contribution >= 4 is 0 Å². The summed E-state index contributed by atoms with van der Waals surface area (Å²) in [7, 11) is 0. The van der Waals surface area contributed by atoms with Gasteiger partial charge >= 0.3 is 6.18 Å². The zero-order valence-electron chi connectivity index (χ0n) is 7.81. The van der Waals surface area contributed by atoms with E-state index >= 15 is 0 Å². The lowest BCUT2D eigenvalue weighted by Gasteiger charge is -2.16. The monoisotopic (exact) mass is 200 g/mol. The molecule has 0 amide bonds. The molecule has 76 valence electrons. The normalized spacial score (nSPS) is 13.7. The van der Waals surface area contributed by atoms with Crippen molar-refractivity contribution in [2.75, 3.05) is 0 Å². The summed E-state index contributed by atoms with van der Waals surface area (Å²) < 4.78 is 37.4. The average Bonchev–Trinajstić information content (AvgIpc) is 2.02. The molecule has 1 aromatic rings. The Morgan fingerprint density at radius 2 is 2.00 bits per heavy atom. The quantitative estimate of drug-likeness (QED) is 0.636. The Bertz CT molecular complexity index is 326. The molecular formula is C11H11F3. The van der Waals surface area contributed by atoms with Crippen molar-refractivity contribution < 1.29 is 13.2 Å². The van der Waals surface area contributed by atoms with Crippen LogP contribution in [0.15, 0.2) is 36.9 Å². The number of hydrogen-bond donors (Lipinski definition) is 0. The van der Waals surface area contributed by atoms with Crippen molar-refractivity contribution in [3.63, 3.8) is 0 Å². The summed E-state index contributed by atoms with van der Waals surface area (Å²) in [5.41, 5.74) is 1.06. The molecule has 0 aromatic heterocycles. The van der Waals surface area contributed by atoms with Gasteiger partial charge in [-0.25, -0.2) is 0 Å². The maximum Gasteiger partial charge on any atom is 0.399 e. The van der Waals surface area contributed by atoms with Crippen LogP contribution in [0.5, 0.6) is 0 Å². The standard InChI is InChI=1S/C11H11F3/c1-3-10(11(12,13)14)9-6-4-5-8(2)7-9/h3-7,10H,1H2,2H3. The molecule has 0 fully saturated rings. The van der Waals surface area contributed by atoms with Crippen molar-refractivity contribution in [2.24, 2.45) is 0 Å². The molecule has 0 saturated carbocycles. The predicted molar refractivity (Wildman–Crippen MR) is 50.2 cm³/mol. The van der Waals surface area contributed by atoms with Gasteiger partial charge in [0, 0.05) is 0 Å². The molecule has 3 heteroatoms. The zero-order chi connectivity index (χ0) is 10.8. The van der Waals surface area contributed by atoms with Crippen molar-refractivity contribution in [2.45, 2.75) is 19.0 Å². The summed E-state index contributed by atoms with van der Waals surface area (Å²) in [5.74, 6) is -1.57. The van der Waals surface area contributed by atoms with E-state index in [1.807, 2.05) is 0 Å². The van der Waals surface area contributed by atoms with Gasteiger partial charge in [0.15, 0.2) is 0 Å². The molecule has 0 aliphatic heterocycles. The number of benzene rings is 1. The maximum atomic E-state index is 12.5. The largest absolute Gasteiger partial charge is 0.399 e. The van der Waals surface area contributed by atoms with E-state index in [1.165, 1.54) is 12.1 Å². The second-order valence-corrected chi connectivity index (χ2v) is 3.17. The lowest BCUT2D eigenvalue weighted by atomic mass is 9.97. The summed E-state index contributed by atoms with van der Waals surface area (Å²) >= 11 is 0. The van der Waals surface area contributed by atoms with Crippen LogP contribution in [-0.4, -0.2) is 6.18 Å². The summed E-state index contributed by atoms with van der Waals surface area (Å²) in [5, 5.41) is 0. The molecule has 0 radical (unpaired) electrons. The average molecular weight is 200 g/mol. The van der Waals surface area contributed by atoms with Gasteiger partial charge in [0.2, 0.25) is 0 Å². The predicted octanol–water partition coefficient (Wildman–Crippen LogP) is 3.83. The first-order valence-corrected chi connectivity index (χ1v) is 4.21. The number of allylic oxidation sites excluding steroid dienone is 1. The van der Waals surface area contributed by atoms with Crippen LogP contribution in [0.1, 0.15) is 17.0 Å². The van der Waals surface area contributed by atoms with E-state index in [1.54, 1.807) is 19.1 Å². The fraction of sp³-hybridized carbons (Fsp3) is 0.273. The third-order valence-corrected chi connectivity index (χ3v) is 1.99. The van der Waals surface area contributed by atoms with Gasteiger partial charge < -0.3 is 0 Å². The van der Waals surface area contributed by atoms with Gasteiger partial charge in [-0.15, -0.1) is 6.58 Å². The second-order valence-electron chi connectivity index (χ2n) is 3.17. The third-order valence-electron chi connectivity index (χ3n) is 1.99. The van der Waals surface area contributed by atoms with Crippen LogP contribution < -0.4 is 0 Å². The minimum absolute atomic E-state index is 0.243. The van der Waals surface area contributed by atoms with Gasteiger partial charge in [-0.2, -0.15) is 13.2 Å². The Kier molecular flexibility index (Phi) is 2.99. The molecule has 14 heavy (non-hydrogen) atoms. The molecule has 0 N–H and O–H groups in total. The van der Waals surface area contributed by atoms with Gasteiger partial charge in [0.05, 0.1) is 5.92 Å². The van der Waals surface area contributed by atoms with E-state index in [0.29, 0.717) is 0 Å². The van der Waals surface area contributed by atoms with E-state index in [4.69, 9.17) is 0 Å². The van der Waals surface area contributed by atoms with Gasteiger partial charge in [0.25, 0.3) is 0 Å². The lowest BCUT2D eigenvalue weighted by Crippen LogP contribution is -2.18. The first kappa shape index (κ1) is 10.8. The highest BCUT2D eigenvalue weighted by Crippen LogP contribution is 2.35. The van der Waals surface area contributed by atoms with Gasteiger partial charge in [0.1, 0.15) is 0 Å². The Morgan fingerprint density at radius 1 is 1.36 bits per heavy atom. The Labute approximate surface area is 81.1 Å². The molecule has 1 atom stereocenters. The lowest BCUT2D eigenvalue weighted by molar-refractivity contribution is -0.139. The number of alkyl halides is 3. The van der Waals surface area contributed by atoms with Gasteiger partial charge in [-0.3, -0.25) is 0 Å². The van der Waals surface area contributed by atoms with Crippen LogP contribution in [0, 0.1) is 6.92 Å².